The van der Waals surface area contributed by atoms with Gasteiger partial charge < -0.3 is 5.11 Å². The number of hydrogen-bond acceptors (Lipinski definition) is 4. The average Bonchev–Trinajstić information content (AvgIpc) is 2.14. The number of Topliss-reactive ketones (excluding diaryl/α,β-unsaturated/α-hetero) is 1. The maximum atomic E-state index is 10.7. The minimum atomic E-state index is -0.136. The van der Waals surface area contributed by atoms with Gasteiger partial charge in [0.1, 0.15) is 4.88 Å². The van der Waals surface area contributed by atoms with Crippen LogP contribution in [0.3, 0.4) is 0 Å². The summed E-state index contributed by atoms with van der Waals surface area (Å²) in [5, 5.41) is 9.14. The van der Waals surface area contributed by atoms with E-state index in [2.05, 4.69) is 4.37 Å². The zero-order valence-electron chi connectivity index (χ0n) is 5.71. The summed E-state index contributed by atoms with van der Waals surface area (Å²) in [6.45, 7) is 3.07. The lowest BCUT2D eigenvalue weighted by Crippen LogP contribution is -1.85. The van der Waals surface area contributed by atoms with Gasteiger partial charge >= 0.3 is 0 Å². The van der Waals surface area contributed by atoms with Crippen LogP contribution in [0.4, 0.5) is 0 Å². The van der Waals surface area contributed by atoms with Crippen molar-refractivity contribution >= 4 is 17.3 Å². The topological polar surface area (TPSA) is 50.2 Å². The third kappa shape index (κ3) is 1.02. The van der Waals surface area contributed by atoms with E-state index in [0.29, 0.717) is 10.6 Å². The molecule has 0 fully saturated rings. The lowest BCUT2D eigenvalue weighted by molar-refractivity contribution is 0.101. The van der Waals surface area contributed by atoms with Crippen molar-refractivity contribution in [2.24, 2.45) is 0 Å². The molecule has 1 rings (SSSR count). The normalized spacial score (nSPS) is 9.80. The van der Waals surface area contributed by atoms with Crippen LogP contribution in [0.2, 0.25) is 0 Å². The van der Waals surface area contributed by atoms with Gasteiger partial charge in [-0.15, -0.1) is 0 Å². The second-order valence-corrected chi connectivity index (χ2v) is 2.78. The first-order valence-corrected chi connectivity index (χ1v) is 3.56. The van der Waals surface area contributed by atoms with Gasteiger partial charge in [0, 0.05) is 6.92 Å². The summed E-state index contributed by atoms with van der Waals surface area (Å²) in [7, 11) is 0. The molecular formula is C6H7NO2S. The Labute approximate surface area is 62.5 Å². The van der Waals surface area contributed by atoms with Gasteiger partial charge in [0.15, 0.2) is 11.5 Å². The second kappa shape index (κ2) is 2.38. The predicted molar refractivity (Wildman–Crippen MR) is 38.5 cm³/mol. The Kier molecular flexibility index (Phi) is 1.72. The van der Waals surface area contributed by atoms with Crippen LogP contribution in [-0.4, -0.2) is 15.3 Å². The lowest BCUT2D eigenvalue weighted by atomic mass is 10.3. The Morgan fingerprint density at radius 2 is 2.30 bits per heavy atom. The minimum absolute atomic E-state index is 0.0255. The minimum Gasteiger partial charge on any atom is -0.504 e. The zero-order chi connectivity index (χ0) is 7.72. The molecule has 0 aliphatic rings. The van der Waals surface area contributed by atoms with Crippen molar-refractivity contribution in [2.45, 2.75) is 13.8 Å². The molecule has 0 aromatic carbocycles. The highest BCUT2D eigenvalue weighted by Gasteiger charge is 2.11. The number of hydrogen-bond donors (Lipinski definition) is 1. The molecule has 0 amide bonds. The molecule has 0 bridgehead atoms. The third-order valence-electron chi connectivity index (χ3n) is 1.15. The number of nitrogens with zero attached hydrogens (tertiary/aromatic N) is 1. The van der Waals surface area contributed by atoms with Crippen molar-refractivity contribution in [1.29, 1.82) is 0 Å². The zero-order valence-corrected chi connectivity index (χ0v) is 6.53. The Bertz CT molecular complexity index is 267. The van der Waals surface area contributed by atoms with Crippen LogP contribution >= 0.6 is 11.5 Å². The smallest absolute Gasteiger partial charge is 0.175 e. The van der Waals surface area contributed by atoms with Gasteiger partial charge in [0.05, 0.1) is 5.69 Å². The van der Waals surface area contributed by atoms with Crippen LogP contribution in [-0.2, 0) is 0 Å². The molecule has 1 aromatic rings. The molecule has 0 spiro atoms. The Morgan fingerprint density at radius 3 is 2.50 bits per heavy atom. The summed E-state index contributed by atoms with van der Waals surface area (Å²) >= 11 is 1.03. The van der Waals surface area contributed by atoms with Crippen LogP contribution in [0.15, 0.2) is 0 Å². The number of aryl methyl sites for hydroxylation is 1. The molecular weight excluding hydrogens is 150 g/mol. The summed E-state index contributed by atoms with van der Waals surface area (Å²) in [5.74, 6) is -0.111. The van der Waals surface area contributed by atoms with Crippen molar-refractivity contribution in [3.05, 3.63) is 10.6 Å². The van der Waals surface area contributed by atoms with Crippen LogP contribution in [0.5, 0.6) is 5.75 Å². The standard InChI is InChI=1S/C6H7NO2S/c1-3-5(9)6(4(2)8)10-7-3/h9H,1-2H3. The van der Waals surface area contributed by atoms with E-state index in [1.54, 1.807) is 6.92 Å². The van der Waals surface area contributed by atoms with E-state index in [-0.39, 0.29) is 11.5 Å². The number of carbonyl (C=O) groups excluding carboxylic acids is 1. The molecule has 0 atom stereocenters. The van der Waals surface area contributed by atoms with Gasteiger partial charge in [-0.25, -0.2) is 0 Å². The summed E-state index contributed by atoms with van der Waals surface area (Å²) in [6.07, 6.45) is 0. The van der Waals surface area contributed by atoms with Crippen LogP contribution in [0, 0.1) is 6.92 Å². The molecule has 0 saturated carbocycles. The van der Waals surface area contributed by atoms with Gasteiger partial charge in [-0.05, 0) is 18.5 Å². The van der Waals surface area contributed by atoms with E-state index < -0.39 is 0 Å². The first-order chi connectivity index (χ1) is 4.63. The van der Waals surface area contributed by atoms with E-state index in [1.807, 2.05) is 0 Å². The molecule has 4 heteroatoms. The number of aromatic hydroxyl groups is 1. The molecule has 0 aliphatic heterocycles. The molecule has 1 heterocycles. The average molecular weight is 157 g/mol. The fourth-order valence-electron chi connectivity index (χ4n) is 0.596. The highest BCUT2D eigenvalue weighted by molar-refractivity contribution is 7.08. The van der Waals surface area contributed by atoms with Crippen molar-refractivity contribution < 1.29 is 9.90 Å². The Morgan fingerprint density at radius 1 is 1.70 bits per heavy atom. The highest BCUT2D eigenvalue weighted by Crippen LogP contribution is 2.24. The van der Waals surface area contributed by atoms with E-state index in [1.165, 1.54) is 6.92 Å². The summed E-state index contributed by atoms with van der Waals surface area (Å²) < 4.78 is 3.81. The van der Waals surface area contributed by atoms with Gasteiger partial charge in [-0.3, -0.25) is 4.79 Å². The van der Waals surface area contributed by atoms with Gasteiger partial charge in [0.25, 0.3) is 0 Å². The monoisotopic (exact) mass is 157 g/mol. The summed E-state index contributed by atoms with van der Waals surface area (Å²) in [5.41, 5.74) is 0.523. The predicted octanol–water partition coefficient (Wildman–Crippen LogP) is 1.36. The lowest BCUT2D eigenvalue weighted by Gasteiger charge is -1.87. The Balaban J connectivity index is 3.17. The molecule has 0 aliphatic carbocycles. The van der Waals surface area contributed by atoms with Gasteiger partial charge in [0.2, 0.25) is 0 Å². The fraction of sp³-hybridized carbons (Fsp3) is 0.333. The number of aromatic nitrogens is 1. The molecule has 1 N–H and O–H groups in total. The van der Waals surface area contributed by atoms with E-state index in [9.17, 15) is 4.79 Å². The van der Waals surface area contributed by atoms with Crippen molar-refractivity contribution in [1.82, 2.24) is 4.37 Å². The molecule has 54 valence electrons. The van der Waals surface area contributed by atoms with Crippen LogP contribution < -0.4 is 0 Å². The maximum absolute atomic E-state index is 10.7. The van der Waals surface area contributed by atoms with Crippen molar-refractivity contribution in [3.8, 4) is 5.75 Å². The maximum Gasteiger partial charge on any atom is 0.175 e. The SMILES string of the molecule is CC(=O)c1snc(C)c1O. The van der Waals surface area contributed by atoms with Gasteiger partial charge in [-0.2, -0.15) is 4.37 Å². The number of carbonyl (C=O) groups is 1. The number of rotatable bonds is 1. The molecule has 10 heavy (non-hydrogen) atoms. The van der Waals surface area contributed by atoms with Gasteiger partial charge in [-0.1, -0.05) is 0 Å². The largest absolute Gasteiger partial charge is 0.504 e. The Hall–Kier alpha value is -0.900. The molecule has 0 radical (unpaired) electrons. The molecule has 3 nitrogen and oxygen atoms in total. The van der Waals surface area contributed by atoms with E-state index in [0.717, 1.165) is 11.5 Å². The molecule has 0 saturated heterocycles. The third-order valence-corrected chi connectivity index (χ3v) is 2.18. The first-order valence-electron chi connectivity index (χ1n) is 2.79. The van der Waals surface area contributed by atoms with E-state index in [4.69, 9.17) is 5.11 Å². The summed E-state index contributed by atoms with van der Waals surface area (Å²) in [4.78, 5) is 11.0. The second-order valence-electron chi connectivity index (χ2n) is 2.00. The molecule has 0 unspecified atom stereocenters. The summed E-state index contributed by atoms with van der Waals surface area (Å²) in [6, 6.07) is 0. The fourth-order valence-corrected chi connectivity index (χ4v) is 1.27. The number of ketones is 1. The van der Waals surface area contributed by atoms with Crippen LogP contribution in [0.25, 0.3) is 0 Å². The molecule has 1 aromatic heterocycles. The highest BCUT2D eigenvalue weighted by atomic mass is 32.1. The van der Waals surface area contributed by atoms with Crippen molar-refractivity contribution in [3.63, 3.8) is 0 Å². The quantitative estimate of drug-likeness (QED) is 0.626. The van der Waals surface area contributed by atoms with E-state index >= 15 is 0 Å². The van der Waals surface area contributed by atoms with Crippen molar-refractivity contribution in [2.75, 3.05) is 0 Å². The first kappa shape index (κ1) is 7.21. The van der Waals surface area contributed by atoms with Crippen LogP contribution in [0.1, 0.15) is 22.3 Å².